The van der Waals surface area contributed by atoms with E-state index in [1.54, 1.807) is 0 Å². The highest BCUT2D eigenvalue weighted by molar-refractivity contribution is 6.42. The molecule has 1 aliphatic carbocycles. The largest absolute Gasteiger partial charge is 0.305 e. The molecule has 21 heavy (non-hydrogen) atoms. The zero-order valence-electron chi connectivity index (χ0n) is 12.3. The van der Waals surface area contributed by atoms with Crippen LogP contribution in [0.3, 0.4) is 0 Å². The van der Waals surface area contributed by atoms with Crippen molar-refractivity contribution in [2.75, 3.05) is 14.1 Å². The summed E-state index contributed by atoms with van der Waals surface area (Å²) in [6, 6.07) is 15.3. The van der Waals surface area contributed by atoms with Crippen LogP contribution in [-0.2, 0) is 6.42 Å². The first-order chi connectivity index (χ1) is 10.1. The lowest BCUT2D eigenvalue weighted by molar-refractivity contribution is 0.245. The zero-order chi connectivity index (χ0) is 15.0. The zero-order valence-corrected chi connectivity index (χ0v) is 13.8. The second-order valence-corrected chi connectivity index (χ2v) is 6.73. The van der Waals surface area contributed by atoms with Gasteiger partial charge in [-0.05, 0) is 55.8 Å². The second-order valence-electron chi connectivity index (χ2n) is 5.92. The van der Waals surface area contributed by atoms with E-state index in [0.29, 0.717) is 22.0 Å². The van der Waals surface area contributed by atoms with Crippen LogP contribution in [0.15, 0.2) is 42.5 Å². The van der Waals surface area contributed by atoms with E-state index in [1.807, 2.05) is 12.1 Å². The van der Waals surface area contributed by atoms with Gasteiger partial charge in [0.05, 0.1) is 10.0 Å². The molecule has 0 aliphatic heterocycles. The Labute approximate surface area is 136 Å². The first-order valence-electron chi connectivity index (χ1n) is 7.27. The fourth-order valence-electron chi connectivity index (χ4n) is 3.41. The van der Waals surface area contributed by atoms with Gasteiger partial charge in [0.25, 0.3) is 0 Å². The molecule has 1 aliphatic rings. The van der Waals surface area contributed by atoms with Crippen molar-refractivity contribution < 1.29 is 0 Å². The summed E-state index contributed by atoms with van der Waals surface area (Å²) in [5, 5.41) is 1.25. The molecule has 0 spiro atoms. The maximum Gasteiger partial charge on any atom is 0.0595 e. The molecule has 110 valence electrons. The predicted molar refractivity (Wildman–Crippen MR) is 90.5 cm³/mol. The third-order valence-corrected chi connectivity index (χ3v) is 5.19. The quantitative estimate of drug-likeness (QED) is 0.752. The van der Waals surface area contributed by atoms with Crippen molar-refractivity contribution in [2.24, 2.45) is 0 Å². The molecule has 3 heteroatoms. The van der Waals surface area contributed by atoms with Gasteiger partial charge in [0, 0.05) is 12.0 Å². The van der Waals surface area contributed by atoms with Crippen molar-refractivity contribution >= 4 is 23.2 Å². The third-order valence-electron chi connectivity index (χ3n) is 4.45. The molecule has 0 radical (unpaired) electrons. The lowest BCUT2D eigenvalue weighted by Gasteiger charge is -2.38. The van der Waals surface area contributed by atoms with Gasteiger partial charge in [-0.1, -0.05) is 53.5 Å². The highest BCUT2D eigenvalue weighted by Gasteiger charge is 2.32. The van der Waals surface area contributed by atoms with Crippen molar-refractivity contribution in [1.82, 2.24) is 4.90 Å². The summed E-state index contributed by atoms with van der Waals surface area (Å²) >= 11 is 12.3. The van der Waals surface area contributed by atoms with E-state index >= 15 is 0 Å². The first kappa shape index (κ1) is 14.9. The Balaban J connectivity index is 2.12. The first-order valence-corrected chi connectivity index (χ1v) is 8.02. The molecule has 0 bridgehead atoms. The van der Waals surface area contributed by atoms with E-state index in [9.17, 15) is 0 Å². The molecule has 0 heterocycles. The van der Waals surface area contributed by atoms with Crippen LogP contribution < -0.4 is 0 Å². The average Bonchev–Trinajstić information content (AvgIpc) is 2.49. The molecule has 3 rings (SSSR count). The van der Waals surface area contributed by atoms with Gasteiger partial charge in [-0.3, -0.25) is 0 Å². The van der Waals surface area contributed by atoms with Gasteiger partial charge in [0.2, 0.25) is 0 Å². The fourth-order valence-corrected chi connectivity index (χ4v) is 3.71. The van der Waals surface area contributed by atoms with Gasteiger partial charge < -0.3 is 4.90 Å². The summed E-state index contributed by atoms with van der Waals surface area (Å²) in [4.78, 5) is 2.32. The molecule has 2 atom stereocenters. The molecular weight excluding hydrogens is 301 g/mol. The molecule has 0 saturated heterocycles. The Morgan fingerprint density at radius 3 is 2.48 bits per heavy atom. The molecule has 1 nitrogen and oxygen atoms in total. The van der Waals surface area contributed by atoms with Crippen LogP contribution in [0.25, 0.3) is 0 Å². The lowest BCUT2D eigenvalue weighted by atomic mass is 9.75. The van der Waals surface area contributed by atoms with Crippen molar-refractivity contribution in [3.8, 4) is 0 Å². The van der Waals surface area contributed by atoms with E-state index in [2.05, 4.69) is 49.3 Å². The standard InChI is InChI=1S/C18H19Cl2N/c1-21(2)17-10-8-12-5-3-4-6-14(12)18(17)13-7-9-15(19)16(20)11-13/h3-7,9,11,17-18H,8,10H2,1-2H3/t17-,18-/m1/s1. The minimum atomic E-state index is 0.347. The van der Waals surface area contributed by atoms with Gasteiger partial charge in [-0.15, -0.1) is 0 Å². The molecule has 0 saturated carbocycles. The van der Waals surface area contributed by atoms with Gasteiger partial charge in [0.1, 0.15) is 0 Å². The lowest BCUT2D eigenvalue weighted by Crippen LogP contribution is -2.38. The maximum absolute atomic E-state index is 6.24. The molecule has 2 aromatic carbocycles. The number of likely N-dealkylation sites (N-methyl/N-ethyl adjacent to an activating group) is 1. The van der Waals surface area contributed by atoms with Crippen molar-refractivity contribution in [3.05, 3.63) is 69.2 Å². The van der Waals surface area contributed by atoms with Crippen LogP contribution in [0.5, 0.6) is 0 Å². The third kappa shape index (κ3) is 2.83. The van der Waals surface area contributed by atoms with E-state index in [-0.39, 0.29) is 0 Å². The normalized spacial score (nSPS) is 21.4. The minimum absolute atomic E-state index is 0.347. The Hall–Kier alpha value is -1.02. The number of rotatable bonds is 2. The second kappa shape index (κ2) is 6.00. The smallest absolute Gasteiger partial charge is 0.0595 e. The number of fused-ring (bicyclic) bond motifs is 1. The Bertz CT molecular complexity index is 651. The Morgan fingerprint density at radius 1 is 1.00 bits per heavy atom. The van der Waals surface area contributed by atoms with Crippen LogP contribution >= 0.6 is 23.2 Å². The van der Waals surface area contributed by atoms with E-state index in [0.717, 1.165) is 12.8 Å². The SMILES string of the molecule is CN(C)[C@@H]1CCc2ccccc2[C@H]1c1ccc(Cl)c(Cl)c1. The van der Waals surface area contributed by atoms with Gasteiger partial charge in [-0.2, -0.15) is 0 Å². The monoisotopic (exact) mass is 319 g/mol. The molecular formula is C18H19Cl2N. The van der Waals surface area contributed by atoms with E-state index < -0.39 is 0 Å². The molecule has 0 amide bonds. The summed E-state index contributed by atoms with van der Waals surface area (Å²) in [7, 11) is 4.31. The van der Waals surface area contributed by atoms with Crippen molar-refractivity contribution in [1.29, 1.82) is 0 Å². The number of nitrogens with zero attached hydrogens (tertiary/aromatic N) is 1. The highest BCUT2D eigenvalue weighted by Crippen LogP contribution is 2.40. The van der Waals surface area contributed by atoms with Crippen LogP contribution in [0.4, 0.5) is 0 Å². The van der Waals surface area contributed by atoms with Crippen LogP contribution in [0.2, 0.25) is 10.0 Å². The van der Waals surface area contributed by atoms with E-state index in [1.165, 1.54) is 16.7 Å². The van der Waals surface area contributed by atoms with Crippen LogP contribution in [-0.4, -0.2) is 25.0 Å². The molecule has 0 N–H and O–H groups in total. The number of hydrogen-bond acceptors (Lipinski definition) is 1. The number of benzene rings is 2. The minimum Gasteiger partial charge on any atom is -0.305 e. The summed E-state index contributed by atoms with van der Waals surface area (Å²) < 4.78 is 0. The topological polar surface area (TPSA) is 3.24 Å². The fraction of sp³-hybridized carbons (Fsp3) is 0.333. The van der Waals surface area contributed by atoms with Gasteiger partial charge >= 0.3 is 0 Å². The van der Waals surface area contributed by atoms with Crippen LogP contribution in [0, 0.1) is 0 Å². The molecule has 2 aromatic rings. The summed E-state index contributed by atoms with van der Waals surface area (Å²) in [5.74, 6) is 0.347. The Kier molecular flexibility index (Phi) is 4.26. The molecule has 0 aromatic heterocycles. The van der Waals surface area contributed by atoms with Gasteiger partial charge in [0.15, 0.2) is 0 Å². The van der Waals surface area contributed by atoms with Crippen molar-refractivity contribution in [2.45, 2.75) is 24.8 Å². The molecule has 0 unspecified atom stereocenters. The summed E-state index contributed by atoms with van der Waals surface area (Å²) in [6.45, 7) is 0. The predicted octanol–water partition coefficient (Wildman–Crippen LogP) is 5.00. The Morgan fingerprint density at radius 2 is 1.76 bits per heavy atom. The maximum atomic E-state index is 6.24. The molecule has 0 fully saturated rings. The summed E-state index contributed by atoms with van der Waals surface area (Å²) in [6.07, 6.45) is 2.30. The highest BCUT2D eigenvalue weighted by atomic mass is 35.5. The van der Waals surface area contributed by atoms with Crippen molar-refractivity contribution in [3.63, 3.8) is 0 Å². The summed E-state index contributed by atoms with van der Waals surface area (Å²) in [5.41, 5.74) is 4.11. The van der Waals surface area contributed by atoms with Crippen LogP contribution in [0.1, 0.15) is 29.0 Å². The number of aryl methyl sites for hydroxylation is 1. The van der Waals surface area contributed by atoms with Gasteiger partial charge in [-0.25, -0.2) is 0 Å². The van der Waals surface area contributed by atoms with E-state index in [4.69, 9.17) is 23.2 Å². The number of halogens is 2. The number of hydrogen-bond donors (Lipinski definition) is 0. The average molecular weight is 320 g/mol.